The number of aromatic amines is 1. The predicted molar refractivity (Wildman–Crippen MR) is 132 cm³/mol. The van der Waals surface area contributed by atoms with E-state index >= 15 is 0 Å². The van der Waals surface area contributed by atoms with Gasteiger partial charge in [-0.1, -0.05) is 24.3 Å². The summed E-state index contributed by atoms with van der Waals surface area (Å²) in [6, 6.07) is 16.3. The maximum Gasteiger partial charge on any atom is 0.354 e. The van der Waals surface area contributed by atoms with E-state index in [1.165, 1.54) is 10.5 Å². The van der Waals surface area contributed by atoms with E-state index in [2.05, 4.69) is 33.0 Å². The molecular formula is C26H29N3O3S. The van der Waals surface area contributed by atoms with Gasteiger partial charge in [-0.2, -0.15) is 0 Å². The normalized spacial score (nSPS) is 18.5. The van der Waals surface area contributed by atoms with Crippen LogP contribution >= 0.6 is 11.8 Å². The molecular weight excluding hydrogens is 434 g/mol. The van der Waals surface area contributed by atoms with Crippen molar-refractivity contribution in [2.45, 2.75) is 24.2 Å². The quantitative estimate of drug-likeness (QED) is 0.527. The Morgan fingerprint density at radius 2 is 1.91 bits per heavy atom. The van der Waals surface area contributed by atoms with Gasteiger partial charge in [-0.15, -0.1) is 11.8 Å². The SMILES string of the molecule is CCOC(=O)c1cc2c(N3CCN(CCC(=O)C4CSc5ccccc54)CC3)cccc2[nH]1. The second-order valence-corrected chi connectivity index (χ2v) is 9.65. The van der Waals surface area contributed by atoms with E-state index in [1.54, 1.807) is 11.8 Å². The van der Waals surface area contributed by atoms with Gasteiger partial charge in [0.2, 0.25) is 0 Å². The number of fused-ring (bicyclic) bond motifs is 2. The molecule has 2 aliphatic heterocycles. The Balaban J connectivity index is 1.18. The number of ether oxygens (including phenoxy) is 1. The van der Waals surface area contributed by atoms with Crippen LogP contribution in [0.2, 0.25) is 0 Å². The summed E-state index contributed by atoms with van der Waals surface area (Å²) in [5.74, 6) is 0.962. The van der Waals surface area contributed by atoms with E-state index in [0.29, 0.717) is 24.5 Å². The van der Waals surface area contributed by atoms with E-state index in [0.717, 1.165) is 55.1 Å². The van der Waals surface area contributed by atoms with Crippen molar-refractivity contribution in [1.82, 2.24) is 9.88 Å². The Morgan fingerprint density at radius 3 is 2.73 bits per heavy atom. The largest absolute Gasteiger partial charge is 0.461 e. The molecule has 3 aromatic rings. The number of Topliss-reactive ketones (excluding diaryl/α,β-unsaturated/α-hetero) is 1. The highest BCUT2D eigenvalue weighted by Crippen LogP contribution is 2.40. The number of benzene rings is 2. The van der Waals surface area contributed by atoms with Crippen molar-refractivity contribution in [3.05, 3.63) is 59.8 Å². The molecule has 1 aromatic heterocycles. The minimum atomic E-state index is -0.322. The summed E-state index contributed by atoms with van der Waals surface area (Å²) in [5.41, 5.74) is 3.77. The molecule has 0 aliphatic carbocycles. The third kappa shape index (κ3) is 4.52. The van der Waals surface area contributed by atoms with Crippen molar-refractivity contribution < 1.29 is 14.3 Å². The lowest BCUT2D eigenvalue weighted by atomic mass is 9.95. The Labute approximate surface area is 198 Å². The van der Waals surface area contributed by atoms with Crippen LogP contribution in [0.25, 0.3) is 10.9 Å². The molecule has 1 fully saturated rings. The topological polar surface area (TPSA) is 65.6 Å². The third-order valence-electron chi connectivity index (χ3n) is 6.61. The summed E-state index contributed by atoms with van der Waals surface area (Å²) in [6.07, 6.45) is 0.607. The van der Waals surface area contributed by atoms with Gasteiger partial charge in [0.1, 0.15) is 11.5 Å². The lowest BCUT2D eigenvalue weighted by Gasteiger charge is -2.36. The van der Waals surface area contributed by atoms with Crippen molar-refractivity contribution >= 4 is 40.1 Å². The average Bonchev–Trinajstić information content (AvgIpc) is 3.48. The molecule has 172 valence electrons. The molecule has 7 heteroatoms. The van der Waals surface area contributed by atoms with Crippen LogP contribution in [0.1, 0.15) is 35.3 Å². The zero-order valence-corrected chi connectivity index (χ0v) is 19.7. The van der Waals surface area contributed by atoms with Crippen LogP contribution in [-0.2, 0) is 9.53 Å². The molecule has 1 atom stereocenters. The molecule has 3 heterocycles. The molecule has 5 rings (SSSR count). The van der Waals surface area contributed by atoms with Crippen LogP contribution in [0.3, 0.4) is 0 Å². The summed E-state index contributed by atoms with van der Waals surface area (Å²) in [7, 11) is 0. The van der Waals surface area contributed by atoms with Gasteiger partial charge in [-0.25, -0.2) is 4.79 Å². The van der Waals surface area contributed by atoms with Crippen molar-refractivity contribution in [2.75, 3.05) is 50.0 Å². The smallest absolute Gasteiger partial charge is 0.354 e. The minimum absolute atomic E-state index is 0.0484. The van der Waals surface area contributed by atoms with E-state index < -0.39 is 0 Å². The molecule has 0 bridgehead atoms. The van der Waals surface area contributed by atoms with Gasteiger partial charge < -0.3 is 14.6 Å². The van der Waals surface area contributed by atoms with Crippen molar-refractivity contribution in [1.29, 1.82) is 0 Å². The molecule has 1 N–H and O–H groups in total. The second-order valence-electron chi connectivity index (χ2n) is 8.59. The number of hydrogen-bond donors (Lipinski definition) is 1. The number of carbonyl (C=O) groups is 2. The van der Waals surface area contributed by atoms with Gasteiger partial charge >= 0.3 is 5.97 Å². The number of piperazine rings is 1. The number of nitrogens with one attached hydrogen (secondary N) is 1. The molecule has 2 aliphatic rings. The van der Waals surface area contributed by atoms with Crippen LogP contribution < -0.4 is 4.90 Å². The monoisotopic (exact) mass is 463 g/mol. The molecule has 6 nitrogen and oxygen atoms in total. The maximum absolute atomic E-state index is 12.9. The molecule has 0 amide bonds. The van der Waals surface area contributed by atoms with Gasteiger partial charge in [0.05, 0.1) is 12.5 Å². The Kier molecular flexibility index (Phi) is 6.42. The average molecular weight is 464 g/mol. The molecule has 0 saturated carbocycles. The minimum Gasteiger partial charge on any atom is -0.461 e. The zero-order valence-electron chi connectivity index (χ0n) is 18.9. The van der Waals surface area contributed by atoms with Crippen LogP contribution in [0.4, 0.5) is 5.69 Å². The van der Waals surface area contributed by atoms with Gasteiger partial charge in [-0.3, -0.25) is 9.69 Å². The zero-order chi connectivity index (χ0) is 22.8. The van der Waals surface area contributed by atoms with E-state index in [4.69, 9.17) is 4.74 Å². The number of ketones is 1. The first-order chi connectivity index (χ1) is 16.1. The predicted octanol–water partition coefficient (Wildman–Crippen LogP) is 4.32. The summed E-state index contributed by atoms with van der Waals surface area (Å²) in [6.45, 7) is 6.63. The first-order valence-corrected chi connectivity index (χ1v) is 12.6. The summed E-state index contributed by atoms with van der Waals surface area (Å²) in [4.78, 5) is 34.2. The fourth-order valence-electron chi connectivity index (χ4n) is 4.82. The van der Waals surface area contributed by atoms with Crippen molar-refractivity contribution in [2.24, 2.45) is 0 Å². The fourth-order valence-corrected chi connectivity index (χ4v) is 6.08. The lowest BCUT2D eigenvalue weighted by Crippen LogP contribution is -2.47. The van der Waals surface area contributed by atoms with Gasteiger partial charge in [-0.05, 0) is 36.8 Å². The van der Waals surface area contributed by atoms with E-state index in [1.807, 2.05) is 37.3 Å². The first-order valence-electron chi connectivity index (χ1n) is 11.6. The van der Waals surface area contributed by atoms with Crippen molar-refractivity contribution in [3.63, 3.8) is 0 Å². The standard InChI is InChI=1S/C26H29N3O3S/c1-2-32-26(31)22-16-19-21(27-22)7-5-8-23(19)29-14-12-28(13-15-29)11-10-24(30)20-17-33-25-9-4-3-6-18(20)25/h3-9,16,20,27H,2,10-15,17H2,1H3. The number of nitrogens with zero attached hydrogens (tertiary/aromatic N) is 2. The third-order valence-corrected chi connectivity index (χ3v) is 7.80. The number of thioether (sulfide) groups is 1. The molecule has 1 unspecified atom stereocenters. The van der Waals surface area contributed by atoms with Gasteiger partial charge in [0.25, 0.3) is 0 Å². The van der Waals surface area contributed by atoms with E-state index in [9.17, 15) is 9.59 Å². The number of H-pyrrole nitrogens is 1. The molecule has 0 radical (unpaired) electrons. The number of esters is 1. The highest BCUT2D eigenvalue weighted by molar-refractivity contribution is 7.99. The molecule has 2 aromatic carbocycles. The van der Waals surface area contributed by atoms with Crippen LogP contribution in [0.15, 0.2) is 53.4 Å². The van der Waals surface area contributed by atoms with Gasteiger partial charge in [0, 0.05) is 66.4 Å². The maximum atomic E-state index is 12.9. The van der Waals surface area contributed by atoms with Crippen LogP contribution in [0, 0.1) is 0 Å². The van der Waals surface area contributed by atoms with Crippen LogP contribution in [-0.4, -0.2) is 66.7 Å². The number of carbonyl (C=O) groups excluding carboxylic acids is 2. The Hall–Kier alpha value is -2.77. The number of anilines is 1. The Bertz CT molecular complexity index is 1170. The summed E-state index contributed by atoms with van der Waals surface area (Å²) in [5, 5.41) is 1.04. The number of aromatic nitrogens is 1. The number of rotatable bonds is 7. The van der Waals surface area contributed by atoms with Crippen molar-refractivity contribution in [3.8, 4) is 0 Å². The van der Waals surface area contributed by atoms with E-state index in [-0.39, 0.29) is 11.9 Å². The van der Waals surface area contributed by atoms with Gasteiger partial charge in [0.15, 0.2) is 0 Å². The fraction of sp³-hybridized carbons (Fsp3) is 0.385. The first kappa shape index (κ1) is 22.0. The highest BCUT2D eigenvalue weighted by atomic mass is 32.2. The summed E-state index contributed by atoms with van der Waals surface area (Å²) >= 11 is 1.80. The second kappa shape index (κ2) is 9.61. The Morgan fingerprint density at radius 1 is 1.09 bits per heavy atom. The lowest BCUT2D eigenvalue weighted by molar-refractivity contribution is -0.120. The number of hydrogen-bond acceptors (Lipinski definition) is 6. The highest BCUT2D eigenvalue weighted by Gasteiger charge is 2.29. The molecule has 0 spiro atoms. The molecule has 1 saturated heterocycles. The molecule has 33 heavy (non-hydrogen) atoms. The van der Waals surface area contributed by atoms with Crippen LogP contribution in [0.5, 0.6) is 0 Å². The summed E-state index contributed by atoms with van der Waals surface area (Å²) < 4.78 is 5.14.